The first-order valence-electron chi connectivity index (χ1n) is 8.22. The third-order valence-electron chi connectivity index (χ3n) is 4.80. The van der Waals surface area contributed by atoms with Crippen molar-refractivity contribution >= 4 is 11.7 Å². The summed E-state index contributed by atoms with van der Waals surface area (Å²) in [5, 5.41) is 3.00. The molecule has 118 valence electrons. The molecule has 0 saturated carbocycles. The number of para-hydroxylation sites is 1. The molecular formula is C19H21N3O. The molecule has 0 spiro atoms. The Bertz CT molecular complexity index is 695. The molecule has 2 aromatic rings. The molecule has 1 saturated heterocycles. The predicted molar refractivity (Wildman–Crippen MR) is 91.5 cm³/mol. The summed E-state index contributed by atoms with van der Waals surface area (Å²) >= 11 is 0. The molecule has 0 aromatic heterocycles. The third-order valence-corrected chi connectivity index (χ3v) is 4.80. The van der Waals surface area contributed by atoms with Gasteiger partial charge in [-0.15, -0.1) is 0 Å². The monoisotopic (exact) mass is 307 g/mol. The van der Waals surface area contributed by atoms with E-state index in [0.29, 0.717) is 12.6 Å². The van der Waals surface area contributed by atoms with E-state index in [1.54, 1.807) is 0 Å². The molecule has 0 aliphatic carbocycles. The summed E-state index contributed by atoms with van der Waals surface area (Å²) in [5.74, 6) is 0. The zero-order valence-electron chi connectivity index (χ0n) is 13.1. The van der Waals surface area contributed by atoms with Gasteiger partial charge in [-0.3, -0.25) is 0 Å². The number of benzene rings is 2. The molecule has 2 amide bonds. The zero-order chi connectivity index (χ0) is 15.6. The van der Waals surface area contributed by atoms with Gasteiger partial charge in [0, 0.05) is 31.9 Å². The van der Waals surface area contributed by atoms with Gasteiger partial charge in [0.15, 0.2) is 0 Å². The molecule has 1 N–H and O–H groups in total. The Morgan fingerprint density at radius 3 is 2.61 bits per heavy atom. The third kappa shape index (κ3) is 2.77. The molecule has 2 aliphatic heterocycles. The van der Waals surface area contributed by atoms with Crippen molar-refractivity contribution in [1.82, 2.24) is 10.2 Å². The summed E-state index contributed by atoms with van der Waals surface area (Å²) in [7, 11) is 0. The van der Waals surface area contributed by atoms with Gasteiger partial charge in [0.05, 0.1) is 6.04 Å². The van der Waals surface area contributed by atoms with E-state index in [0.717, 1.165) is 31.6 Å². The maximum absolute atomic E-state index is 12.2. The zero-order valence-corrected chi connectivity index (χ0v) is 13.1. The van der Waals surface area contributed by atoms with Crippen molar-refractivity contribution in [2.75, 3.05) is 24.5 Å². The Hall–Kier alpha value is -2.49. The van der Waals surface area contributed by atoms with E-state index >= 15 is 0 Å². The average Bonchev–Trinajstić information content (AvgIpc) is 2.97. The maximum Gasteiger partial charge on any atom is 0.317 e. The largest absolute Gasteiger partial charge is 0.364 e. The van der Waals surface area contributed by atoms with Crippen LogP contribution in [0.2, 0.25) is 0 Å². The lowest BCUT2D eigenvalue weighted by Crippen LogP contribution is -2.62. The smallest absolute Gasteiger partial charge is 0.317 e. The minimum atomic E-state index is 0.0394. The number of hydrogen-bond acceptors (Lipinski definition) is 2. The quantitative estimate of drug-likeness (QED) is 0.946. The van der Waals surface area contributed by atoms with E-state index in [9.17, 15) is 4.79 Å². The summed E-state index contributed by atoms with van der Waals surface area (Å²) in [6.45, 7) is 3.29. The number of amides is 2. The maximum atomic E-state index is 12.2. The first-order chi connectivity index (χ1) is 11.3. The van der Waals surface area contributed by atoms with Crippen LogP contribution in [0.25, 0.3) is 0 Å². The minimum absolute atomic E-state index is 0.0394. The molecule has 1 fully saturated rings. The van der Waals surface area contributed by atoms with Gasteiger partial charge >= 0.3 is 6.03 Å². The lowest BCUT2D eigenvalue weighted by molar-refractivity contribution is 0.149. The highest BCUT2D eigenvalue weighted by atomic mass is 16.2. The Balaban J connectivity index is 1.29. The highest BCUT2D eigenvalue weighted by Crippen LogP contribution is 2.31. The second kappa shape index (κ2) is 5.95. The summed E-state index contributed by atoms with van der Waals surface area (Å²) < 4.78 is 0. The van der Waals surface area contributed by atoms with Crippen LogP contribution in [-0.2, 0) is 13.0 Å². The van der Waals surface area contributed by atoms with E-state index in [1.807, 2.05) is 35.2 Å². The number of carbonyl (C=O) groups is 1. The van der Waals surface area contributed by atoms with Crippen LogP contribution in [0.5, 0.6) is 0 Å². The fourth-order valence-electron chi connectivity index (χ4n) is 3.45. The van der Waals surface area contributed by atoms with Crippen molar-refractivity contribution < 1.29 is 4.79 Å². The Morgan fingerprint density at radius 1 is 1.04 bits per heavy atom. The van der Waals surface area contributed by atoms with Crippen LogP contribution in [0.4, 0.5) is 10.5 Å². The van der Waals surface area contributed by atoms with Crippen molar-refractivity contribution in [1.29, 1.82) is 0 Å². The first kappa shape index (κ1) is 14.1. The number of urea groups is 1. The molecule has 23 heavy (non-hydrogen) atoms. The van der Waals surface area contributed by atoms with Gasteiger partial charge in [0.2, 0.25) is 0 Å². The van der Waals surface area contributed by atoms with Crippen molar-refractivity contribution in [3.8, 4) is 0 Å². The van der Waals surface area contributed by atoms with Crippen LogP contribution in [-0.4, -0.2) is 36.6 Å². The Kier molecular flexibility index (Phi) is 3.66. The summed E-state index contributed by atoms with van der Waals surface area (Å²) in [4.78, 5) is 16.6. The normalized spacial score (nSPS) is 16.9. The molecule has 0 bridgehead atoms. The van der Waals surface area contributed by atoms with Crippen LogP contribution in [0.3, 0.4) is 0 Å². The second-order valence-electron chi connectivity index (χ2n) is 6.28. The average molecular weight is 307 g/mol. The van der Waals surface area contributed by atoms with Crippen LogP contribution < -0.4 is 10.2 Å². The molecule has 2 aliphatic rings. The van der Waals surface area contributed by atoms with Gasteiger partial charge in [-0.1, -0.05) is 48.5 Å². The van der Waals surface area contributed by atoms with Crippen LogP contribution >= 0.6 is 0 Å². The second-order valence-corrected chi connectivity index (χ2v) is 6.28. The molecule has 2 aromatic carbocycles. The van der Waals surface area contributed by atoms with Gasteiger partial charge < -0.3 is 15.1 Å². The standard InChI is InChI=1S/C19H21N3O/c23-19(20-12-15-6-2-1-3-7-15)21-13-17(14-21)22-11-10-16-8-4-5-9-18(16)22/h1-9,17H,10-14H2,(H,20,23). The van der Waals surface area contributed by atoms with E-state index < -0.39 is 0 Å². The van der Waals surface area contributed by atoms with Gasteiger partial charge in [-0.05, 0) is 23.6 Å². The van der Waals surface area contributed by atoms with Crippen LogP contribution in [0.1, 0.15) is 11.1 Å². The molecule has 2 heterocycles. The van der Waals surface area contributed by atoms with Gasteiger partial charge in [0.25, 0.3) is 0 Å². The van der Waals surface area contributed by atoms with E-state index in [2.05, 4.69) is 34.5 Å². The lowest BCUT2D eigenvalue weighted by Gasteiger charge is -2.45. The number of anilines is 1. The fourth-order valence-corrected chi connectivity index (χ4v) is 3.45. The van der Waals surface area contributed by atoms with E-state index in [-0.39, 0.29) is 6.03 Å². The first-order valence-corrected chi connectivity index (χ1v) is 8.22. The topological polar surface area (TPSA) is 35.6 Å². The predicted octanol–water partition coefficient (Wildman–Crippen LogP) is 2.64. The fraction of sp³-hybridized carbons (Fsp3) is 0.316. The molecular weight excluding hydrogens is 286 g/mol. The number of rotatable bonds is 3. The number of nitrogens with zero attached hydrogens (tertiary/aromatic N) is 2. The Morgan fingerprint density at radius 2 is 1.78 bits per heavy atom. The molecule has 0 unspecified atom stereocenters. The van der Waals surface area contributed by atoms with E-state index in [1.165, 1.54) is 11.3 Å². The highest BCUT2D eigenvalue weighted by Gasteiger charge is 2.37. The van der Waals surface area contributed by atoms with Crippen molar-refractivity contribution in [2.24, 2.45) is 0 Å². The summed E-state index contributed by atoms with van der Waals surface area (Å²) in [5.41, 5.74) is 3.91. The van der Waals surface area contributed by atoms with Crippen LogP contribution in [0.15, 0.2) is 54.6 Å². The minimum Gasteiger partial charge on any atom is -0.364 e. The molecule has 4 rings (SSSR count). The van der Waals surface area contributed by atoms with Gasteiger partial charge in [-0.25, -0.2) is 4.79 Å². The van der Waals surface area contributed by atoms with Crippen molar-refractivity contribution in [3.05, 3.63) is 65.7 Å². The molecule has 0 radical (unpaired) electrons. The highest BCUT2D eigenvalue weighted by molar-refractivity contribution is 5.75. The summed E-state index contributed by atoms with van der Waals surface area (Å²) in [6, 6.07) is 19.1. The molecule has 4 nitrogen and oxygen atoms in total. The number of fused-ring (bicyclic) bond motifs is 1. The number of carbonyl (C=O) groups excluding carboxylic acids is 1. The van der Waals surface area contributed by atoms with Gasteiger partial charge in [-0.2, -0.15) is 0 Å². The number of hydrogen-bond donors (Lipinski definition) is 1. The number of nitrogens with one attached hydrogen (secondary N) is 1. The Labute approximate surface area is 136 Å². The van der Waals surface area contributed by atoms with Crippen molar-refractivity contribution in [3.63, 3.8) is 0 Å². The summed E-state index contributed by atoms with van der Waals surface area (Å²) in [6.07, 6.45) is 1.12. The van der Waals surface area contributed by atoms with Gasteiger partial charge in [0.1, 0.15) is 0 Å². The lowest BCUT2D eigenvalue weighted by atomic mass is 10.1. The SMILES string of the molecule is O=C(NCc1ccccc1)N1CC(N2CCc3ccccc32)C1. The van der Waals surface area contributed by atoms with E-state index in [4.69, 9.17) is 0 Å². The van der Waals surface area contributed by atoms with Crippen molar-refractivity contribution in [2.45, 2.75) is 19.0 Å². The van der Waals surface area contributed by atoms with Crippen LogP contribution in [0, 0.1) is 0 Å². The molecule has 0 atom stereocenters. The molecule has 4 heteroatoms. The number of likely N-dealkylation sites (tertiary alicyclic amines) is 1.